The molecule has 1 fully saturated rings. The van der Waals surface area contributed by atoms with Crippen LogP contribution in [0.5, 0.6) is 0 Å². The number of carbonyl (C=O) groups excluding carboxylic acids is 1. The second kappa shape index (κ2) is 10.3. The minimum atomic E-state index is 0.0512. The number of carbonyl (C=O) groups is 1. The standard InChI is InChI=1S/C27H31N3O/c1-29-16-18-30(19-17-29)26-15-9-8-14-24(26)21-28-27(31)20-25(22-10-4-2-5-11-22)23-12-6-3-7-13-23/h2-15,25H,16-21H2,1H3,(H,28,31). The van der Waals surface area contributed by atoms with Crippen molar-refractivity contribution >= 4 is 11.6 Å². The Hall–Kier alpha value is -3.11. The summed E-state index contributed by atoms with van der Waals surface area (Å²) < 4.78 is 0. The molecule has 0 aliphatic carbocycles. The van der Waals surface area contributed by atoms with Crippen molar-refractivity contribution in [2.75, 3.05) is 38.1 Å². The van der Waals surface area contributed by atoms with Crippen molar-refractivity contribution in [3.05, 3.63) is 102 Å². The molecule has 3 aromatic carbocycles. The van der Waals surface area contributed by atoms with Gasteiger partial charge in [-0.15, -0.1) is 0 Å². The molecule has 0 radical (unpaired) electrons. The lowest BCUT2D eigenvalue weighted by atomic mass is 9.88. The van der Waals surface area contributed by atoms with Crippen LogP contribution in [-0.2, 0) is 11.3 Å². The Morgan fingerprint density at radius 1 is 0.806 bits per heavy atom. The molecule has 0 bridgehead atoms. The van der Waals surface area contributed by atoms with Gasteiger partial charge in [0.15, 0.2) is 0 Å². The van der Waals surface area contributed by atoms with E-state index in [-0.39, 0.29) is 11.8 Å². The molecule has 1 amide bonds. The van der Waals surface area contributed by atoms with E-state index in [1.54, 1.807) is 0 Å². The molecule has 0 saturated carbocycles. The van der Waals surface area contributed by atoms with Gasteiger partial charge in [0.2, 0.25) is 5.91 Å². The molecule has 4 heteroatoms. The molecule has 1 N–H and O–H groups in total. The van der Waals surface area contributed by atoms with Crippen LogP contribution in [0.4, 0.5) is 5.69 Å². The van der Waals surface area contributed by atoms with Gasteiger partial charge in [-0.3, -0.25) is 4.79 Å². The number of nitrogens with one attached hydrogen (secondary N) is 1. The lowest BCUT2D eigenvalue weighted by Crippen LogP contribution is -2.45. The van der Waals surface area contributed by atoms with Crippen molar-refractivity contribution < 1.29 is 4.79 Å². The second-order valence-corrected chi connectivity index (χ2v) is 8.27. The van der Waals surface area contributed by atoms with Crippen LogP contribution >= 0.6 is 0 Å². The maximum absolute atomic E-state index is 13.0. The zero-order valence-corrected chi connectivity index (χ0v) is 18.2. The lowest BCUT2D eigenvalue weighted by molar-refractivity contribution is -0.121. The minimum absolute atomic E-state index is 0.0512. The van der Waals surface area contributed by atoms with Gasteiger partial charge in [0, 0.05) is 50.7 Å². The van der Waals surface area contributed by atoms with E-state index >= 15 is 0 Å². The van der Waals surface area contributed by atoms with E-state index in [2.05, 4.69) is 70.7 Å². The molecular weight excluding hydrogens is 382 g/mol. The molecule has 1 aliphatic heterocycles. The van der Waals surface area contributed by atoms with Gasteiger partial charge in [-0.1, -0.05) is 78.9 Å². The third-order valence-electron chi connectivity index (χ3n) is 6.10. The molecule has 1 saturated heterocycles. The van der Waals surface area contributed by atoms with E-state index in [1.165, 1.54) is 22.4 Å². The molecule has 0 atom stereocenters. The van der Waals surface area contributed by atoms with E-state index in [1.807, 2.05) is 36.4 Å². The number of amides is 1. The first-order valence-corrected chi connectivity index (χ1v) is 11.1. The summed E-state index contributed by atoms with van der Waals surface area (Å²) >= 11 is 0. The Kier molecular flexibility index (Phi) is 7.00. The number of hydrogen-bond acceptors (Lipinski definition) is 3. The Morgan fingerprint density at radius 2 is 1.35 bits per heavy atom. The number of nitrogens with zero attached hydrogens (tertiary/aromatic N) is 2. The van der Waals surface area contributed by atoms with Crippen LogP contribution in [0.25, 0.3) is 0 Å². The first-order valence-electron chi connectivity index (χ1n) is 11.1. The Bertz CT molecular complexity index is 927. The normalized spacial score (nSPS) is 14.6. The van der Waals surface area contributed by atoms with Crippen molar-refractivity contribution in [1.29, 1.82) is 0 Å². The fraction of sp³-hybridized carbons (Fsp3) is 0.296. The Balaban J connectivity index is 1.44. The largest absolute Gasteiger partial charge is 0.369 e. The van der Waals surface area contributed by atoms with E-state index in [0.29, 0.717) is 13.0 Å². The highest BCUT2D eigenvalue weighted by Gasteiger charge is 2.19. The average Bonchev–Trinajstić information content (AvgIpc) is 2.83. The summed E-state index contributed by atoms with van der Waals surface area (Å²) in [6.45, 7) is 4.72. The van der Waals surface area contributed by atoms with Crippen molar-refractivity contribution in [2.45, 2.75) is 18.9 Å². The van der Waals surface area contributed by atoms with Crippen LogP contribution in [0.15, 0.2) is 84.9 Å². The molecule has 160 valence electrons. The summed E-state index contributed by atoms with van der Waals surface area (Å²) in [6.07, 6.45) is 0.435. The summed E-state index contributed by atoms with van der Waals surface area (Å²) in [5, 5.41) is 3.18. The maximum atomic E-state index is 13.0. The predicted octanol–water partition coefficient (Wildman–Crippen LogP) is 4.28. The number of likely N-dealkylation sites (N-methyl/N-ethyl adjacent to an activating group) is 1. The van der Waals surface area contributed by atoms with Gasteiger partial charge in [0.05, 0.1) is 0 Å². The van der Waals surface area contributed by atoms with Crippen molar-refractivity contribution in [3.8, 4) is 0 Å². The fourth-order valence-corrected chi connectivity index (χ4v) is 4.27. The highest BCUT2D eigenvalue weighted by atomic mass is 16.1. The molecule has 0 spiro atoms. The van der Waals surface area contributed by atoms with Gasteiger partial charge < -0.3 is 15.1 Å². The molecule has 1 heterocycles. The molecule has 3 aromatic rings. The molecule has 0 unspecified atom stereocenters. The van der Waals surface area contributed by atoms with Gasteiger partial charge in [0.25, 0.3) is 0 Å². The zero-order chi connectivity index (χ0) is 21.5. The number of benzene rings is 3. The van der Waals surface area contributed by atoms with E-state index in [4.69, 9.17) is 0 Å². The lowest BCUT2D eigenvalue weighted by Gasteiger charge is -2.35. The van der Waals surface area contributed by atoms with Gasteiger partial charge in [-0.2, -0.15) is 0 Å². The summed E-state index contributed by atoms with van der Waals surface area (Å²) in [7, 11) is 2.17. The predicted molar refractivity (Wildman–Crippen MR) is 127 cm³/mol. The number of para-hydroxylation sites is 1. The number of rotatable bonds is 7. The van der Waals surface area contributed by atoms with Gasteiger partial charge >= 0.3 is 0 Å². The van der Waals surface area contributed by atoms with Crippen LogP contribution in [0.2, 0.25) is 0 Å². The summed E-state index contributed by atoms with van der Waals surface area (Å²) in [5.41, 5.74) is 4.75. The number of anilines is 1. The van der Waals surface area contributed by atoms with Gasteiger partial charge in [-0.25, -0.2) is 0 Å². The third-order valence-corrected chi connectivity index (χ3v) is 6.10. The summed E-state index contributed by atoms with van der Waals surface area (Å²) in [4.78, 5) is 17.8. The molecular formula is C27H31N3O. The smallest absolute Gasteiger partial charge is 0.221 e. The van der Waals surface area contributed by atoms with Crippen LogP contribution in [-0.4, -0.2) is 44.0 Å². The van der Waals surface area contributed by atoms with Crippen LogP contribution in [0.3, 0.4) is 0 Å². The SMILES string of the molecule is CN1CCN(c2ccccc2CNC(=O)CC(c2ccccc2)c2ccccc2)CC1. The number of piperazine rings is 1. The summed E-state index contributed by atoms with van der Waals surface area (Å²) in [5.74, 6) is 0.126. The fourth-order valence-electron chi connectivity index (χ4n) is 4.27. The summed E-state index contributed by atoms with van der Waals surface area (Å²) in [6, 6.07) is 29.0. The quantitative estimate of drug-likeness (QED) is 0.628. The minimum Gasteiger partial charge on any atom is -0.369 e. The zero-order valence-electron chi connectivity index (χ0n) is 18.2. The molecule has 0 aromatic heterocycles. The second-order valence-electron chi connectivity index (χ2n) is 8.27. The molecule has 4 rings (SSSR count). The van der Waals surface area contributed by atoms with Gasteiger partial charge in [-0.05, 0) is 29.8 Å². The van der Waals surface area contributed by atoms with Crippen molar-refractivity contribution in [3.63, 3.8) is 0 Å². The third kappa shape index (κ3) is 5.53. The van der Waals surface area contributed by atoms with Gasteiger partial charge in [0.1, 0.15) is 0 Å². The molecule has 4 nitrogen and oxygen atoms in total. The van der Waals surface area contributed by atoms with Crippen LogP contribution in [0.1, 0.15) is 29.0 Å². The van der Waals surface area contributed by atoms with E-state index < -0.39 is 0 Å². The number of hydrogen-bond donors (Lipinski definition) is 1. The Labute approximate surface area is 185 Å². The first-order chi connectivity index (χ1) is 15.2. The van der Waals surface area contributed by atoms with E-state index in [0.717, 1.165) is 26.2 Å². The topological polar surface area (TPSA) is 35.6 Å². The average molecular weight is 414 g/mol. The van der Waals surface area contributed by atoms with Crippen LogP contribution in [0, 0.1) is 0 Å². The van der Waals surface area contributed by atoms with Crippen LogP contribution < -0.4 is 10.2 Å². The van der Waals surface area contributed by atoms with Crippen molar-refractivity contribution in [1.82, 2.24) is 10.2 Å². The monoisotopic (exact) mass is 413 g/mol. The highest BCUT2D eigenvalue weighted by molar-refractivity contribution is 5.77. The Morgan fingerprint density at radius 3 is 1.97 bits per heavy atom. The molecule has 1 aliphatic rings. The first kappa shape index (κ1) is 21.1. The van der Waals surface area contributed by atoms with Crippen molar-refractivity contribution in [2.24, 2.45) is 0 Å². The van der Waals surface area contributed by atoms with E-state index in [9.17, 15) is 4.79 Å². The highest BCUT2D eigenvalue weighted by Crippen LogP contribution is 2.28. The maximum Gasteiger partial charge on any atom is 0.221 e. The molecule has 31 heavy (non-hydrogen) atoms.